The Bertz CT molecular complexity index is 566. The van der Waals surface area contributed by atoms with Crippen molar-refractivity contribution < 1.29 is 0 Å². The first-order valence-corrected chi connectivity index (χ1v) is 9.16. The largest absolute Gasteiger partial charge is 0.356 e. The van der Waals surface area contributed by atoms with Gasteiger partial charge in [-0.05, 0) is 38.3 Å². The molecule has 0 radical (unpaired) electrons. The molecule has 2 rings (SSSR count). The van der Waals surface area contributed by atoms with Crippen molar-refractivity contribution in [2.45, 2.75) is 59.9 Å². The van der Waals surface area contributed by atoms with Gasteiger partial charge in [-0.2, -0.15) is 0 Å². The molecular formula is C20H35IN4. The number of hydrogen-bond donors (Lipinski definition) is 1. The van der Waals surface area contributed by atoms with Gasteiger partial charge < -0.3 is 10.2 Å². The second-order valence-corrected chi connectivity index (χ2v) is 8.36. The predicted octanol–water partition coefficient (Wildman–Crippen LogP) is 4.53. The van der Waals surface area contributed by atoms with Gasteiger partial charge in [0.05, 0.1) is 0 Å². The van der Waals surface area contributed by atoms with Gasteiger partial charge in [-0.1, -0.05) is 33.8 Å². The maximum atomic E-state index is 5.00. The summed E-state index contributed by atoms with van der Waals surface area (Å²) < 4.78 is 0. The normalized spacial score (nSPS) is 19.8. The minimum absolute atomic E-state index is 0. The van der Waals surface area contributed by atoms with Crippen molar-refractivity contribution in [3.05, 3.63) is 30.1 Å². The number of aliphatic imine (C=N–C) groups is 1. The Labute approximate surface area is 170 Å². The van der Waals surface area contributed by atoms with E-state index in [1.807, 2.05) is 18.5 Å². The van der Waals surface area contributed by atoms with E-state index in [2.05, 4.69) is 69.7 Å². The number of nitrogens with one attached hydrogen (secondary N) is 1. The highest BCUT2D eigenvalue weighted by Gasteiger charge is 2.53. The number of hydrogen-bond acceptors (Lipinski definition) is 2. The molecule has 0 aromatic carbocycles. The number of rotatable bonds is 5. The third-order valence-corrected chi connectivity index (χ3v) is 5.83. The molecule has 4 nitrogen and oxygen atoms in total. The molecule has 1 saturated heterocycles. The topological polar surface area (TPSA) is 40.5 Å². The Morgan fingerprint density at radius 1 is 1.32 bits per heavy atom. The molecule has 1 fully saturated rings. The summed E-state index contributed by atoms with van der Waals surface area (Å²) in [5.41, 5.74) is 1.70. The fraction of sp³-hybridized carbons (Fsp3) is 0.700. The van der Waals surface area contributed by atoms with Crippen molar-refractivity contribution in [1.29, 1.82) is 0 Å². The Hall–Kier alpha value is -0.850. The molecule has 0 amide bonds. The molecule has 0 aliphatic carbocycles. The molecule has 1 unspecified atom stereocenters. The van der Waals surface area contributed by atoms with E-state index in [0.29, 0.717) is 17.3 Å². The van der Waals surface area contributed by atoms with Gasteiger partial charge in [0, 0.05) is 48.9 Å². The van der Waals surface area contributed by atoms with Crippen LogP contribution in [-0.2, 0) is 0 Å². The second-order valence-electron chi connectivity index (χ2n) is 8.36. The lowest BCUT2D eigenvalue weighted by Crippen LogP contribution is -2.72. The summed E-state index contributed by atoms with van der Waals surface area (Å²) in [5, 5.41) is 3.48. The summed E-state index contributed by atoms with van der Waals surface area (Å²) in [6, 6.07) is 4.18. The first-order chi connectivity index (χ1) is 11.2. The van der Waals surface area contributed by atoms with Crippen molar-refractivity contribution in [1.82, 2.24) is 15.2 Å². The summed E-state index contributed by atoms with van der Waals surface area (Å²) in [7, 11) is 0. The van der Waals surface area contributed by atoms with Crippen molar-refractivity contribution in [3.63, 3.8) is 0 Å². The van der Waals surface area contributed by atoms with Crippen LogP contribution in [0.1, 0.15) is 59.9 Å². The first-order valence-electron chi connectivity index (χ1n) is 9.16. The molecule has 142 valence electrons. The Balaban J connectivity index is 0.00000312. The molecule has 1 N–H and O–H groups in total. The van der Waals surface area contributed by atoms with Crippen LogP contribution in [0.3, 0.4) is 0 Å². The van der Waals surface area contributed by atoms with Gasteiger partial charge in [0.15, 0.2) is 5.96 Å². The summed E-state index contributed by atoms with van der Waals surface area (Å²) in [6.45, 7) is 18.7. The van der Waals surface area contributed by atoms with Crippen LogP contribution in [0.15, 0.2) is 29.5 Å². The zero-order valence-electron chi connectivity index (χ0n) is 16.8. The monoisotopic (exact) mass is 458 g/mol. The molecule has 2 heterocycles. The molecule has 1 aliphatic rings. The number of halogens is 1. The van der Waals surface area contributed by atoms with Gasteiger partial charge >= 0.3 is 0 Å². The number of nitrogens with zero attached hydrogens (tertiary/aromatic N) is 3. The van der Waals surface area contributed by atoms with Crippen LogP contribution in [-0.4, -0.2) is 41.0 Å². The van der Waals surface area contributed by atoms with Crippen molar-refractivity contribution in [2.75, 3.05) is 19.6 Å². The lowest BCUT2D eigenvalue weighted by atomic mass is 9.65. The molecule has 1 aromatic heterocycles. The van der Waals surface area contributed by atoms with E-state index in [1.54, 1.807) is 0 Å². The van der Waals surface area contributed by atoms with E-state index in [4.69, 9.17) is 4.99 Å². The van der Waals surface area contributed by atoms with Gasteiger partial charge in [-0.25, -0.2) is 0 Å². The summed E-state index contributed by atoms with van der Waals surface area (Å²) in [4.78, 5) is 11.7. The minimum Gasteiger partial charge on any atom is -0.356 e. The van der Waals surface area contributed by atoms with Gasteiger partial charge in [0.25, 0.3) is 0 Å². The predicted molar refractivity (Wildman–Crippen MR) is 118 cm³/mol. The Morgan fingerprint density at radius 2 is 2.00 bits per heavy atom. The van der Waals surface area contributed by atoms with E-state index in [-0.39, 0.29) is 29.5 Å². The zero-order valence-corrected chi connectivity index (χ0v) is 19.2. The maximum Gasteiger partial charge on any atom is 0.194 e. The number of guanidine groups is 1. The fourth-order valence-corrected chi connectivity index (χ4v) is 3.28. The molecule has 0 bridgehead atoms. The molecule has 0 spiro atoms. The van der Waals surface area contributed by atoms with E-state index >= 15 is 0 Å². The van der Waals surface area contributed by atoms with Crippen molar-refractivity contribution in [2.24, 2.45) is 16.3 Å². The molecule has 25 heavy (non-hydrogen) atoms. The quantitative estimate of drug-likeness (QED) is 0.401. The average molecular weight is 458 g/mol. The third-order valence-electron chi connectivity index (χ3n) is 5.83. The van der Waals surface area contributed by atoms with Crippen LogP contribution < -0.4 is 5.32 Å². The lowest BCUT2D eigenvalue weighted by molar-refractivity contribution is -0.0667. The van der Waals surface area contributed by atoms with E-state index in [0.717, 1.165) is 25.6 Å². The molecule has 1 aromatic rings. The first kappa shape index (κ1) is 22.2. The van der Waals surface area contributed by atoms with Crippen molar-refractivity contribution >= 4 is 29.9 Å². The summed E-state index contributed by atoms with van der Waals surface area (Å²) >= 11 is 0. The molecule has 1 atom stereocenters. The standard InChI is InChI=1S/C20H34N4.HI/c1-8-22-18(24-14-19(4,5)20(24,6)7)23-13-17(15(2)3)16-10-9-11-21-12-16;/h9-12,15,17H,8,13-14H2,1-7H3,(H,22,23);1H. The summed E-state index contributed by atoms with van der Waals surface area (Å²) in [6.07, 6.45) is 3.81. The fourth-order valence-electron chi connectivity index (χ4n) is 3.28. The van der Waals surface area contributed by atoms with E-state index < -0.39 is 0 Å². The lowest BCUT2D eigenvalue weighted by Gasteiger charge is -2.62. The van der Waals surface area contributed by atoms with Gasteiger partial charge in [-0.3, -0.25) is 9.98 Å². The minimum atomic E-state index is 0. The van der Waals surface area contributed by atoms with E-state index in [9.17, 15) is 0 Å². The summed E-state index contributed by atoms with van der Waals surface area (Å²) in [5.74, 6) is 1.96. The number of aromatic nitrogens is 1. The van der Waals surface area contributed by atoms with Crippen LogP contribution in [0, 0.1) is 11.3 Å². The van der Waals surface area contributed by atoms with Crippen LogP contribution in [0.25, 0.3) is 0 Å². The molecule has 1 aliphatic heterocycles. The number of pyridine rings is 1. The highest BCUT2D eigenvalue weighted by Crippen LogP contribution is 2.46. The SMILES string of the molecule is CCNC(=NCC(c1cccnc1)C(C)C)N1CC(C)(C)C1(C)C.I. The maximum absolute atomic E-state index is 5.00. The molecule has 0 saturated carbocycles. The smallest absolute Gasteiger partial charge is 0.194 e. The van der Waals surface area contributed by atoms with Crippen LogP contribution in [0.4, 0.5) is 0 Å². The highest BCUT2D eigenvalue weighted by molar-refractivity contribution is 14.0. The van der Waals surface area contributed by atoms with Crippen molar-refractivity contribution in [3.8, 4) is 0 Å². The zero-order chi connectivity index (χ0) is 18.0. The van der Waals surface area contributed by atoms with Crippen LogP contribution in [0.2, 0.25) is 0 Å². The van der Waals surface area contributed by atoms with Gasteiger partial charge in [0.1, 0.15) is 0 Å². The third kappa shape index (κ3) is 4.66. The Kier molecular flexibility index (Phi) is 7.71. The van der Waals surface area contributed by atoms with Gasteiger partial charge in [0.2, 0.25) is 0 Å². The Morgan fingerprint density at radius 3 is 2.44 bits per heavy atom. The second kappa shape index (κ2) is 8.69. The van der Waals surface area contributed by atoms with E-state index in [1.165, 1.54) is 5.56 Å². The van der Waals surface area contributed by atoms with Gasteiger partial charge in [-0.15, -0.1) is 24.0 Å². The van der Waals surface area contributed by atoms with Crippen LogP contribution in [0.5, 0.6) is 0 Å². The molecule has 5 heteroatoms. The highest BCUT2D eigenvalue weighted by atomic mass is 127. The average Bonchev–Trinajstić information content (AvgIpc) is 2.52. The number of likely N-dealkylation sites (tertiary alicyclic amines) is 1. The molecular weight excluding hydrogens is 423 g/mol. The van der Waals surface area contributed by atoms with Crippen LogP contribution >= 0.6 is 24.0 Å².